The highest BCUT2D eigenvalue weighted by Crippen LogP contribution is 2.27. The fraction of sp³-hybridized carbons (Fsp3) is 0.125. The Kier molecular flexibility index (Phi) is 3.70. The van der Waals surface area contributed by atoms with Crippen molar-refractivity contribution in [2.24, 2.45) is 0 Å². The highest BCUT2D eigenvalue weighted by molar-refractivity contribution is 7.90. The second-order valence-corrected chi connectivity index (χ2v) is 4.80. The SMILES string of the molecule is CC(C)=C/C=C(\S)c1cccc2ccccc12. The van der Waals surface area contributed by atoms with Crippen molar-refractivity contribution in [1.29, 1.82) is 0 Å². The summed E-state index contributed by atoms with van der Waals surface area (Å²) in [5.41, 5.74) is 2.46. The fourth-order valence-corrected chi connectivity index (χ4v) is 2.05. The van der Waals surface area contributed by atoms with E-state index in [9.17, 15) is 0 Å². The lowest BCUT2D eigenvalue weighted by atomic mass is 10.0. The van der Waals surface area contributed by atoms with Gasteiger partial charge in [0.1, 0.15) is 0 Å². The molecule has 0 N–H and O–H groups in total. The van der Waals surface area contributed by atoms with E-state index in [1.807, 2.05) is 0 Å². The van der Waals surface area contributed by atoms with Crippen LogP contribution in [0.5, 0.6) is 0 Å². The summed E-state index contributed by atoms with van der Waals surface area (Å²) in [5.74, 6) is 0. The van der Waals surface area contributed by atoms with Gasteiger partial charge in [-0.05, 0) is 36.3 Å². The molecule has 0 amide bonds. The van der Waals surface area contributed by atoms with E-state index in [1.54, 1.807) is 0 Å². The maximum Gasteiger partial charge on any atom is 0.0119 e. The molecule has 0 aliphatic rings. The van der Waals surface area contributed by atoms with Crippen molar-refractivity contribution in [2.75, 3.05) is 0 Å². The molecule has 0 bridgehead atoms. The van der Waals surface area contributed by atoms with E-state index in [0.717, 1.165) is 4.91 Å². The summed E-state index contributed by atoms with van der Waals surface area (Å²) in [7, 11) is 0. The molecule has 2 aromatic carbocycles. The quantitative estimate of drug-likeness (QED) is 0.549. The van der Waals surface area contributed by atoms with Gasteiger partial charge in [0.25, 0.3) is 0 Å². The average Bonchev–Trinajstić information content (AvgIpc) is 2.35. The molecule has 2 rings (SSSR count). The third kappa shape index (κ3) is 2.80. The third-order valence-electron chi connectivity index (χ3n) is 2.64. The van der Waals surface area contributed by atoms with E-state index in [2.05, 4.69) is 81.1 Å². The summed E-state index contributed by atoms with van der Waals surface area (Å²) in [6, 6.07) is 14.7. The van der Waals surface area contributed by atoms with E-state index in [1.165, 1.54) is 21.9 Å². The van der Waals surface area contributed by atoms with Crippen LogP contribution >= 0.6 is 12.6 Å². The lowest BCUT2D eigenvalue weighted by Crippen LogP contribution is -1.81. The highest BCUT2D eigenvalue weighted by Gasteiger charge is 2.01. The zero-order chi connectivity index (χ0) is 12.3. The van der Waals surface area contributed by atoms with Gasteiger partial charge in [-0.25, -0.2) is 0 Å². The Morgan fingerprint density at radius 2 is 1.65 bits per heavy atom. The maximum absolute atomic E-state index is 4.59. The van der Waals surface area contributed by atoms with E-state index in [0.29, 0.717) is 0 Å². The van der Waals surface area contributed by atoms with Crippen molar-refractivity contribution in [3.8, 4) is 0 Å². The second kappa shape index (κ2) is 5.24. The van der Waals surface area contributed by atoms with Crippen LogP contribution in [-0.4, -0.2) is 0 Å². The first kappa shape index (κ1) is 12.0. The molecule has 0 aliphatic heterocycles. The minimum atomic E-state index is 1.00. The van der Waals surface area contributed by atoms with Gasteiger partial charge < -0.3 is 0 Å². The van der Waals surface area contributed by atoms with E-state index >= 15 is 0 Å². The minimum Gasteiger partial charge on any atom is -0.143 e. The number of allylic oxidation sites excluding steroid dienone is 3. The summed E-state index contributed by atoms with van der Waals surface area (Å²) in [5, 5.41) is 2.50. The molecule has 0 saturated carbocycles. The van der Waals surface area contributed by atoms with Crippen LogP contribution in [0.15, 0.2) is 60.2 Å². The van der Waals surface area contributed by atoms with Crippen molar-refractivity contribution in [1.82, 2.24) is 0 Å². The van der Waals surface area contributed by atoms with Crippen molar-refractivity contribution in [3.63, 3.8) is 0 Å². The molecule has 17 heavy (non-hydrogen) atoms. The fourth-order valence-electron chi connectivity index (χ4n) is 1.78. The summed E-state index contributed by atoms with van der Waals surface area (Å²) < 4.78 is 0. The maximum atomic E-state index is 4.59. The van der Waals surface area contributed by atoms with Crippen LogP contribution in [0.3, 0.4) is 0 Å². The summed E-state index contributed by atoms with van der Waals surface area (Å²) in [6.07, 6.45) is 4.14. The van der Waals surface area contributed by atoms with Crippen LogP contribution in [0.25, 0.3) is 15.7 Å². The molecule has 86 valence electrons. The molecule has 0 unspecified atom stereocenters. The second-order valence-electron chi connectivity index (χ2n) is 4.32. The van der Waals surface area contributed by atoms with Gasteiger partial charge in [0.05, 0.1) is 0 Å². The Morgan fingerprint density at radius 3 is 2.41 bits per heavy atom. The molecule has 1 heteroatoms. The van der Waals surface area contributed by atoms with Gasteiger partial charge in [-0.3, -0.25) is 0 Å². The average molecular weight is 240 g/mol. The molecule has 0 aliphatic carbocycles. The Labute approximate surface area is 108 Å². The van der Waals surface area contributed by atoms with Gasteiger partial charge in [-0.15, -0.1) is 12.6 Å². The third-order valence-corrected chi connectivity index (χ3v) is 3.03. The smallest absolute Gasteiger partial charge is 0.0119 e. The Balaban J connectivity index is 2.56. The first-order valence-electron chi connectivity index (χ1n) is 5.71. The largest absolute Gasteiger partial charge is 0.143 e. The van der Waals surface area contributed by atoms with Gasteiger partial charge in [-0.2, -0.15) is 0 Å². The number of benzene rings is 2. The standard InChI is InChI=1S/C16H16S/c1-12(2)10-11-16(17)15-9-5-7-13-6-3-4-8-14(13)15/h3-11,17H,1-2H3/b16-11-. The van der Waals surface area contributed by atoms with Crippen LogP contribution in [-0.2, 0) is 0 Å². The van der Waals surface area contributed by atoms with Crippen LogP contribution < -0.4 is 0 Å². The van der Waals surface area contributed by atoms with E-state index < -0.39 is 0 Å². The van der Waals surface area contributed by atoms with Gasteiger partial charge in [0.2, 0.25) is 0 Å². The van der Waals surface area contributed by atoms with Crippen LogP contribution in [0.4, 0.5) is 0 Å². The van der Waals surface area contributed by atoms with Crippen molar-refractivity contribution in [2.45, 2.75) is 13.8 Å². The zero-order valence-electron chi connectivity index (χ0n) is 10.1. The van der Waals surface area contributed by atoms with Gasteiger partial charge >= 0.3 is 0 Å². The topological polar surface area (TPSA) is 0 Å². The molecular weight excluding hydrogens is 224 g/mol. The molecule has 0 heterocycles. The number of hydrogen-bond acceptors (Lipinski definition) is 1. The molecule has 0 aromatic heterocycles. The molecule has 0 spiro atoms. The predicted molar refractivity (Wildman–Crippen MR) is 80.3 cm³/mol. The van der Waals surface area contributed by atoms with Gasteiger partial charge in [0, 0.05) is 4.91 Å². The molecule has 0 radical (unpaired) electrons. The molecular formula is C16H16S. The molecule has 0 saturated heterocycles. The molecule has 2 aromatic rings. The molecule has 0 fully saturated rings. The number of rotatable bonds is 2. The van der Waals surface area contributed by atoms with Crippen LogP contribution in [0, 0.1) is 0 Å². The van der Waals surface area contributed by atoms with E-state index in [4.69, 9.17) is 0 Å². The van der Waals surface area contributed by atoms with Crippen molar-refractivity contribution in [3.05, 3.63) is 65.8 Å². The minimum absolute atomic E-state index is 1.00. The summed E-state index contributed by atoms with van der Waals surface area (Å²) >= 11 is 4.59. The Bertz CT molecular complexity index is 582. The number of fused-ring (bicyclic) bond motifs is 1. The Hall–Kier alpha value is -1.47. The highest BCUT2D eigenvalue weighted by atomic mass is 32.1. The lowest BCUT2D eigenvalue weighted by molar-refractivity contribution is 1.40. The molecule has 0 nitrogen and oxygen atoms in total. The summed E-state index contributed by atoms with van der Waals surface area (Å²) in [4.78, 5) is 1.00. The van der Waals surface area contributed by atoms with Gasteiger partial charge in [0.15, 0.2) is 0 Å². The monoisotopic (exact) mass is 240 g/mol. The first-order valence-corrected chi connectivity index (χ1v) is 6.15. The van der Waals surface area contributed by atoms with Crippen LogP contribution in [0.1, 0.15) is 19.4 Å². The number of hydrogen-bond donors (Lipinski definition) is 1. The first-order chi connectivity index (χ1) is 8.18. The summed E-state index contributed by atoms with van der Waals surface area (Å²) in [6.45, 7) is 4.17. The molecule has 0 atom stereocenters. The van der Waals surface area contributed by atoms with Crippen molar-refractivity contribution >= 4 is 28.3 Å². The van der Waals surface area contributed by atoms with Crippen molar-refractivity contribution < 1.29 is 0 Å². The predicted octanol–water partition coefficient (Wildman–Crippen LogP) is 5.08. The Morgan fingerprint density at radius 1 is 0.941 bits per heavy atom. The normalized spacial score (nSPS) is 11.6. The zero-order valence-corrected chi connectivity index (χ0v) is 11.0. The number of thiol groups is 1. The van der Waals surface area contributed by atoms with Crippen LogP contribution in [0.2, 0.25) is 0 Å². The van der Waals surface area contributed by atoms with E-state index in [-0.39, 0.29) is 0 Å². The lowest BCUT2D eigenvalue weighted by Gasteiger charge is -2.05. The van der Waals surface area contributed by atoms with Gasteiger partial charge in [-0.1, -0.05) is 54.1 Å².